The highest BCUT2D eigenvalue weighted by Gasteiger charge is 2.39. The third kappa shape index (κ3) is 3.03. The molecular weight excluding hydrogens is 326 g/mol. The number of hydrogen-bond acceptors (Lipinski definition) is 3. The minimum Gasteiger partial charge on any atom is -0.423 e. The third-order valence-electron chi connectivity index (χ3n) is 5.25. The molecule has 4 rings (SSSR count). The molecule has 1 heterocycles. The van der Waals surface area contributed by atoms with Gasteiger partial charge in [0.2, 0.25) is 5.91 Å². The van der Waals surface area contributed by atoms with Crippen LogP contribution < -0.4 is 10.9 Å². The van der Waals surface area contributed by atoms with E-state index in [1.807, 2.05) is 43.3 Å². The van der Waals surface area contributed by atoms with Gasteiger partial charge in [-0.1, -0.05) is 42.5 Å². The minimum absolute atomic E-state index is 0.0685. The molecule has 4 heteroatoms. The lowest BCUT2D eigenvalue weighted by Crippen LogP contribution is -2.51. The van der Waals surface area contributed by atoms with Gasteiger partial charge in [-0.2, -0.15) is 0 Å². The molecule has 3 aromatic rings. The van der Waals surface area contributed by atoms with Crippen molar-refractivity contribution in [2.24, 2.45) is 0 Å². The van der Waals surface area contributed by atoms with Crippen LogP contribution in [0.25, 0.3) is 11.0 Å². The van der Waals surface area contributed by atoms with Crippen molar-refractivity contribution in [3.8, 4) is 0 Å². The second-order valence-electron chi connectivity index (χ2n) is 7.12. The standard InChI is InChI=1S/C22H21NO3/c1-15-8-9-18-16(14-21(25)26-19(18)12-15)13-20(24)23-22(10-5-11-22)17-6-3-2-4-7-17/h2-4,6-9,12,14H,5,10-11,13H2,1H3,(H,23,24). The molecule has 0 saturated heterocycles. The fraction of sp³-hybridized carbons (Fsp3) is 0.273. The normalized spacial score (nSPS) is 15.4. The van der Waals surface area contributed by atoms with Crippen molar-refractivity contribution in [1.29, 1.82) is 0 Å². The number of benzene rings is 2. The number of rotatable bonds is 4. The molecule has 1 saturated carbocycles. The van der Waals surface area contributed by atoms with Crippen LogP contribution in [0.1, 0.15) is 36.0 Å². The van der Waals surface area contributed by atoms with Gasteiger partial charge in [-0.05, 0) is 48.9 Å². The monoisotopic (exact) mass is 347 g/mol. The summed E-state index contributed by atoms with van der Waals surface area (Å²) in [6, 6.07) is 17.2. The summed E-state index contributed by atoms with van der Waals surface area (Å²) in [5.74, 6) is -0.0685. The molecule has 1 aliphatic carbocycles. The van der Waals surface area contributed by atoms with Gasteiger partial charge in [-0.25, -0.2) is 4.79 Å². The van der Waals surface area contributed by atoms with E-state index in [4.69, 9.17) is 4.42 Å². The predicted octanol–water partition coefficient (Wildman–Crippen LogP) is 3.84. The second-order valence-corrected chi connectivity index (χ2v) is 7.12. The van der Waals surface area contributed by atoms with Crippen molar-refractivity contribution < 1.29 is 9.21 Å². The van der Waals surface area contributed by atoms with Gasteiger partial charge in [0.1, 0.15) is 5.58 Å². The number of amides is 1. The summed E-state index contributed by atoms with van der Waals surface area (Å²) in [6.07, 6.45) is 3.16. The zero-order valence-electron chi connectivity index (χ0n) is 14.7. The molecule has 132 valence electrons. The summed E-state index contributed by atoms with van der Waals surface area (Å²) in [5.41, 5.74) is 2.70. The molecule has 0 bridgehead atoms. The lowest BCUT2D eigenvalue weighted by atomic mass is 9.71. The number of aryl methyl sites for hydroxylation is 1. The minimum atomic E-state index is -0.424. The predicted molar refractivity (Wildman–Crippen MR) is 101 cm³/mol. The SMILES string of the molecule is Cc1ccc2c(CC(=O)NC3(c4ccccc4)CCC3)cc(=O)oc2c1. The zero-order chi connectivity index (χ0) is 18.1. The van der Waals surface area contributed by atoms with Gasteiger partial charge < -0.3 is 9.73 Å². The molecule has 0 atom stereocenters. The van der Waals surface area contributed by atoms with Gasteiger partial charge in [0.05, 0.1) is 12.0 Å². The third-order valence-corrected chi connectivity index (χ3v) is 5.25. The highest BCUT2D eigenvalue weighted by Crippen LogP contribution is 2.41. The fourth-order valence-electron chi connectivity index (χ4n) is 3.74. The van der Waals surface area contributed by atoms with Crippen molar-refractivity contribution >= 4 is 16.9 Å². The Bertz CT molecular complexity index is 1020. The molecule has 2 aromatic carbocycles. The molecule has 1 fully saturated rings. The number of hydrogen-bond donors (Lipinski definition) is 1. The Morgan fingerprint density at radius 1 is 1.12 bits per heavy atom. The summed E-state index contributed by atoms with van der Waals surface area (Å²) in [5, 5.41) is 4.03. The molecule has 0 unspecified atom stereocenters. The number of nitrogens with one attached hydrogen (secondary N) is 1. The summed E-state index contributed by atoms with van der Waals surface area (Å²) in [7, 11) is 0. The fourth-order valence-corrected chi connectivity index (χ4v) is 3.74. The van der Waals surface area contributed by atoms with Gasteiger partial charge in [0.25, 0.3) is 0 Å². The highest BCUT2D eigenvalue weighted by atomic mass is 16.4. The van der Waals surface area contributed by atoms with Crippen LogP contribution in [-0.4, -0.2) is 5.91 Å². The number of carbonyl (C=O) groups is 1. The maximum Gasteiger partial charge on any atom is 0.336 e. The van der Waals surface area contributed by atoms with Crippen molar-refractivity contribution in [2.45, 2.75) is 38.1 Å². The van der Waals surface area contributed by atoms with Gasteiger partial charge in [0.15, 0.2) is 0 Å². The van der Waals surface area contributed by atoms with Crippen LogP contribution in [0.4, 0.5) is 0 Å². The first-order valence-electron chi connectivity index (χ1n) is 8.96. The first kappa shape index (κ1) is 16.6. The Morgan fingerprint density at radius 2 is 1.88 bits per heavy atom. The van der Waals surface area contributed by atoms with E-state index in [1.54, 1.807) is 0 Å². The first-order chi connectivity index (χ1) is 12.6. The van der Waals surface area contributed by atoms with Crippen LogP contribution in [0.5, 0.6) is 0 Å². The molecular formula is C22H21NO3. The van der Waals surface area contributed by atoms with Crippen LogP contribution in [0, 0.1) is 6.92 Å². The van der Waals surface area contributed by atoms with Crippen LogP contribution in [0.2, 0.25) is 0 Å². The van der Waals surface area contributed by atoms with Crippen LogP contribution in [-0.2, 0) is 16.8 Å². The molecule has 1 aromatic heterocycles. The summed E-state index contributed by atoms with van der Waals surface area (Å²) in [4.78, 5) is 24.6. The Balaban J connectivity index is 1.61. The van der Waals surface area contributed by atoms with Gasteiger partial charge in [-0.15, -0.1) is 0 Å². The van der Waals surface area contributed by atoms with E-state index < -0.39 is 5.63 Å². The van der Waals surface area contributed by atoms with E-state index in [1.165, 1.54) is 6.07 Å². The van der Waals surface area contributed by atoms with Crippen LogP contribution >= 0.6 is 0 Å². The smallest absolute Gasteiger partial charge is 0.336 e. The topological polar surface area (TPSA) is 59.3 Å². The Hall–Kier alpha value is -2.88. The molecule has 0 aliphatic heterocycles. The number of fused-ring (bicyclic) bond motifs is 1. The maximum absolute atomic E-state index is 12.8. The van der Waals surface area contributed by atoms with Gasteiger partial charge in [-0.3, -0.25) is 4.79 Å². The van der Waals surface area contributed by atoms with E-state index in [9.17, 15) is 9.59 Å². The molecule has 1 aliphatic rings. The van der Waals surface area contributed by atoms with Crippen LogP contribution in [0.15, 0.2) is 63.8 Å². The average Bonchev–Trinajstić information content (AvgIpc) is 2.58. The summed E-state index contributed by atoms with van der Waals surface area (Å²) >= 11 is 0. The molecule has 26 heavy (non-hydrogen) atoms. The van der Waals surface area contributed by atoms with Crippen molar-refractivity contribution in [1.82, 2.24) is 5.32 Å². The largest absolute Gasteiger partial charge is 0.423 e. The quantitative estimate of drug-likeness (QED) is 0.730. The number of carbonyl (C=O) groups excluding carboxylic acids is 1. The highest BCUT2D eigenvalue weighted by molar-refractivity contribution is 5.87. The van der Waals surface area contributed by atoms with Crippen LogP contribution in [0.3, 0.4) is 0 Å². The molecule has 0 spiro atoms. The van der Waals surface area contributed by atoms with Crippen molar-refractivity contribution in [3.05, 3.63) is 81.7 Å². The lowest BCUT2D eigenvalue weighted by Gasteiger charge is -2.43. The van der Waals surface area contributed by atoms with E-state index in [0.29, 0.717) is 11.1 Å². The Kier molecular flexibility index (Phi) is 4.11. The maximum atomic E-state index is 12.8. The summed E-state index contributed by atoms with van der Waals surface area (Å²) in [6.45, 7) is 1.94. The van der Waals surface area contributed by atoms with E-state index in [-0.39, 0.29) is 17.9 Å². The zero-order valence-corrected chi connectivity index (χ0v) is 14.7. The van der Waals surface area contributed by atoms with Crippen molar-refractivity contribution in [2.75, 3.05) is 0 Å². The molecule has 4 nitrogen and oxygen atoms in total. The van der Waals surface area contributed by atoms with Crippen molar-refractivity contribution in [3.63, 3.8) is 0 Å². The Morgan fingerprint density at radius 3 is 2.58 bits per heavy atom. The molecule has 1 amide bonds. The van der Waals surface area contributed by atoms with Gasteiger partial charge in [0, 0.05) is 11.5 Å². The van der Waals surface area contributed by atoms with E-state index in [2.05, 4.69) is 17.4 Å². The Labute approximate surface area is 151 Å². The van der Waals surface area contributed by atoms with E-state index in [0.717, 1.165) is 35.8 Å². The van der Waals surface area contributed by atoms with E-state index >= 15 is 0 Å². The lowest BCUT2D eigenvalue weighted by molar-refractivity contribution is -0.123. The molecule has 0 radical (unpaired) electrons. The second kappa shape index (κ2) is 6.45. The van der Waals surface area contributed by atoms with Gasteiger partial charge >= 0.3 is 5.63 Å². The summed E-state index contributed by atoms with van der Waals surface area (Å²) < 4.78 is 5.28. The average molecular weight is 347 g/mol. The first-order valence-corrected chi connectivity index (χ1v) is 8.96. The molecule has 1 N–H and O–H groups in total.